The zero-order valence-corrected chi connectivity index (χ0v) is 15.9. The van der Waals surface area contributed by atoms with Crippen LogP contribution in [0.4, 0.5) is 5.13 Å². The summed E-state index contributed by atoms with van der Waals surface area (Å²) in [7, 11) is 0. The van der Waals surface area contributed by atoms with Crippen molar-refractivity contribution >= 4 is 28.3 Å². The Kier molecular flexibility index (Phi) is 5.92. The summed E-state index contributed by atoms with van der Waals surface area (Å²) in [5.41, 5.74) is 2.77. The highest BCUT2D eigenvalue weighted by Crippen LogP contribution is 2.26. The van der Waals surface area contributed by atoms with Crippen molar-refractivity contribution in [1.29, 1.82) is 0 Å². The molecular formula is C18H20N6O2S. The fourth-order valence-corrected chi connectivity index (χ4v) is 3.28. The van der Waals surface area contributed by atoms with Crippen LogP contribution in [0.2, 0.25) is 0 Å². The Morgan fingerprint density at radius 2 is 2.04 bits per heavy atom. The molecule has 1 aromatic carbocycles. The van der Waals surface area contributed by atoms with E-state index in [1.54, 1.807) is 11.0 Å². The zero-order valence-electron chi connectivity index (χ0n) is 15.0. The highest BCUT2D eigenvalue weighted by molar-refractivity contribution is 7.14. The molecule has 2 heterocycles. The Morgan fingerprint density at radius 3 is 2.70 bits per heavy atom. The second-order valence-electron chi connectivity index (χ2n) is 6.04. The molecule has 1 atom stereocenters. The van der Waals surface area contributed by atoms with Crippen LogP contribution in [0.1, 0.15) is 31.9 Å². The number of nitrogens with zero attached hydrogens (tertiary/aromatic N) is 4. The molecule has 0 saturated carbocycles. The van der Waals surface area contributed by atoms with Gasteiger partial charge in [0.05, 0.1) is 18.3 Å². The van der Waals surface area contributed by atoms with E-state index in [0.717, 1.165) is 16.8 Å². The van der Waals surface area contributed by atoms with Gasteiger partial charge < -0.3 is 10.6 Å². The van der Waals surface area contributed by atoms with E-state index in [2.05, 4.69) is 25.7 Å². The first-order valence-electron chi connectivity index (χ1n) is 8.46. The van der Waals surface area contributed by atoms with E-state index in [1.165, 1.54) is 24.6 Å². The highest BCUT2D eigenvalue weighted by atomic mass is 32.1. The lowest BCUT2D eigenvalue weighted by Gasteiger charge is -2.13. The minimum absolute atomic E-state index is 0.0492. The van der Waals surface area contributed by atoms with E-state index in [9.17, 15) is 9.59 Å². The average molecular weight is 384 g/mol. The number of rotatable bonds is 7. The van der Waals surface area contributed by atoms with Gasteiger partial charge in [-0.25, -0.2) is 9.97 Å². The Hall–Kier alpha value is -3.07. The number of carbonyl (C=O) groups excluding carboxylic acids is 2. The molecule has 140 valence electrons. The summed E-state index contributed by atoms with van der Waals surface area (Å²) in [4.78, 5) is 31.5. The van der Waals surface area contributed by atoms with E-state index in [-0.39, 0.29) is 17.9 Å². The predicted octanol–water partition coefficient (Wildman–Crippen LogP) is 2.63. The summed E-state index contributed by atoms with van der Waals surface area (Å²) in [5.74, 6) is -0.179. The summed E-state index contributed by atoms with van der Waals surface area (Å²) in [6.07, 6.45) is 3.31. The van der Waals surface area contributed by atoms with Crippen LogP contribution in [0.15, 0.2) is 42.3 Å². The number of anilines is 1. The van der Waals surface area contributed by atoms with Gasteiger partial charge in [0.15, 0.2) is 5.13 Å². The molecule has 0 saturated heterocycles. The summed E-state index contributed by atoms with van der Waals surface area (Å²) in [5, 5.41) is 12.1. The van der Waals surface area contributed by atoms with Gasteiger partial charge >= 0.3 is 0 Å². The van der Waals surface area contributed by atoms with Crippen molar-refractivity contribution in [2.24, 2.45) is 0 Å². The van der Waals surface area contributed by atoms with E-state index in [1.807, 2.05) is 36.6 Å². The average Bonchev–Trinajstić information content (AvgIpc) is 3.31. The maximum absolute atomic E-state index is 12.0. The van der Waals surface area contributed by atoms with Gasteiger partial charge in [-0.1, -0.05) is 24.3 Å². The first-order chi connectivity index (χ1) is 13.0. The number of nitrogens with one attached hydrogen (secondary N) is 2. The number of amides is 2. The third kappa shape index (κ3) is 5.20. The molecular weight excluding hydrogens is 364 g/mol. The number of hydrogen-bond donors (Lipinski definition) is 2. The van der Waals surface area contributed by atoms with Crippen LogP contribution in [0.5, 0.6) is 0 Å². The largest absolute Gasteiger partial charge is 0.350 e. The SMILES string of the molecule is CC(=O)NC(C)c1ccc(-c2csc(NC(=O)CCn3cncn3)n2)cc1. The minimum Gasteiger partial charge on any atom is -0.350 e. The molecule has 0 bridgehead atoms. The van der Waals surface area contributed by atoms with Gasteiger partial charge in [0.2, 0.25) is 11.8 Å². The van der Waals surface area contributed by atoms with Crippen LogP contribution >= 0.6 is 11.3 Å². The van der Waals surface area contributed by atoms with Gasteiger partial charge in [0.1, 0.15) is 12.7 Å². The van der Waals surface area contributed by atoms with Gasteiger partial charge in [-0.15, -0.1) is 11.3 Å². The van der Waals surface area contributed by atoms with Gasteiger partial charge in [-0.3, -0.25) is 14.3 Å². The van der Waals surface area contributed by atoms with Gasteiger partial charge in [0, 0.05) is 24.3 Å². The third-order valence-electron chi connectivity index (χ3n) is 3.91. The Morgan fingerprint density at radius 1 is 1.26 bits per heavy atom. The molecule has 2 N–H and O–H groups in total. The maximum atomic E-state index is 12.0. The fourth-order valence-electron chi connectivity index (χ4n) is 2.54. The Labute approximate surface area is 160 Å². The van der Waals surface area contributed by atoms with Crippen LogP contribution in [-0.2, 0) is 16.1 Å². The summed E-state index contributed by atoms with van der Waals surface area (Å²) >= 11 is 1.38. The molecule has 0 aliphatic carbocycles. The van der Waals surface area contributed by atoms with E-state index >= 15 is 0 Å². The van der Waals surface area contributed by atoms with Crippen molar-refractivity contribution in [3.05, 3.63) is 47.9 Å². The molecule has 27 heavy (non-hydrogen) atoms. The molecule has 0 fully saturated rings. The molecule has 0 aliphatic rings. The van der Waals surface area contributed by atoms with Gasteiger partial charge in [0.25, 0.3) is 0 Å². The van der Waals surface area contributed by atoms with Crippen LogP contribution in [-0.4, -0.2) is 31.6 Å². The van der Waals surface area contributed by atoms with Crippen molar-refractivity contribution in [3.8, 4) is 11.3 Å². The second kappa shape index (κ2) is 8.54. The Balaban J connectivity index is 1.58. The molecule has 1 unspecified atom stereocenters. The number of hydrogen-bond acceptors (Lipinski definition) is 6. The lowest BCUT2D eigenvalue weighted by atomic mass is 10.1. The standard InChI is InChI=1S/C18H20N6O2S/c1-12(21-13(2)25)14-3-5-15(6-4-14)16-9-27-18(22-16)23-17(26)7-8-24-11-19-10-20-24/h3-6,9-12H,7-8H2,1-2H3,(H,21,25)(H,22,23,26). The summed E-state index contributed by atoms with van der Waals surface area (Å²) < 4.78 is 1.61. The van der Waals surface area contributed by atoms with Crippen molar-refractivity contribution in [2.75, 3.05) is 5.32 Å². The molecule has 3 rings (SSSR count). The second-order valence-corrected chi connectivity index (χ2v) is 6.90. The van der Waals surface area contributed by atoms with E-state index < -0.39 is 0 Å². The molecule has 2 aromatic heterocycles. The summed E-state index contributed by atoms with van der Waals surface area (Å²) in [6.45, 7) is 3.91. The van der Waals surface area contributed by atoms with E-state index in [0.29, 0.717) is 18.1 Å². The van der Waals surface area contributed by atoms with Crippen molar-refractivity contribution in [2.45, 2.75) is 32.9 Å². The van der Waals surface area contributed by atoms with Gasteiger partial charge in [-0.05, 0) is 12.5 Å². The topological polar surface area (TPSA) is 102 Å². The van der Waals surface area contributed by atoms with Crippen LogP contribution in [0.25, 0.3) is 11.3 Å². The number of aromatic nitrogens is 4. The van der Waals surface area contributed by atoms with Crippen molar-refractivity contribution in [3.63, 3.8) is 0 Å². The zero-order chi connectivity index (χ0) is 19.2. The summed E-state index contributed by atoms with van der Waals surface area (Å²) in [6, 6.07) is 7.79. The molecule has 8 nitrogen and oxygen atoms in total. The monoisotopic (exact) mass is 384 g/mol. The molecule has 2 amide bonds. The quantitative estimate of drug-likeness (QED) is 0.652. The highest BCUT2D eigenvalue weighted by Gasteiger charge is 2.10. The first kappa shape index (κ1) is 18.7. The number of thiazole rings is 1. The third-order valence-corrected chi connectivity index (χ3v) is 4.67. The number of benzene rings is 1. The molecule has 0 radical (unpaired) electrons. The maximum Gasteiger partial charge on any atom is 0.228 e. The fraction of sp³-hybridized carbons (Fsp3) is 0.278. The van der Waals surface area contributed by atoms with Crippen molar-refractivity contribution in [1.82, 2.24) is 25.1 Å². The van der Waals surface area contributed by atoms with Crippen LogP contribution < -0.4 is 10.6 Å². The first-order valence-corrected chi connectivity index (χ1v) is 9.34. The normalized spacial score (nSPS) is 11.8. The van der Waals surface area contributed by atoms with Crippen molar-refractivity contribution < 1.29 is 9.59 Å². The number of carbonyl (C=O) groups is 2. The lowest BCUT2D eigenvalue weighted by Crippen LogP contribution is -2.23. The lowest BCUT2D eigenvalue weighted by molar-refractivity contribution is -0.119. The van der Waals surface area contributed by atoms with Gasteiger partial charge in [-0.2, -0.15) is 5.10 Å². The molecule has 3 aromatic rings. The predicted molar refractivity (Wildman–Crippen MR) is 103 cm³/mol. The van der Waals surface area contributed by atoms with E-state index in [4.69, 9.17) is 0 Å². The smallest absolute Gasteiger partial charge is 0.228 e. The minimum atomic E-state index is -0.120. The molecule has 0 aliphatic heterocycles. The molecule has 0 spiro atoms. The van der Waals surface area contributed by atoms with Crippen LogP contribution in [0, 0.1) is 0 Å². The molecule has 9 heteroatoms. The van der Waals surface area contributed by atoms with Crippen LogP contribution in [0.3, 0.4) is 0 Å². The Bertz CT molecular complexity index is 904. The number of aryl methyl sites for hydroxylation is 1.